The molecule has 112 valence electrons. The van der Waals surface area contributed by atoms with Crippen LogP contribution in [0, 0.1) is 6.92 Å². The van der Waals surface area contributed by atoms with Gasteiger partial charge in [-0.3, -0.25) is 0 Å². The van der Waals surface area contributed by atoms with Crippen molar-refractivity contribution in [2.24, 2.45) is 0 Å². The number of aryl methyl sites for hydroxylation is 1. The molecule has 0 saturated heterocycles. The summed E-state index contributed by atoms with van der Waals surface area (Å²) < 4.78 is 11.7. The van der Waals surface area contributed by atoms with Crippen LogP contribution >= 0.6 is 23.2 Å². The lowest BCUT2D eigenvalue weighted by molar-refractivity contribution is -0.0761. The zero-order valence-electron chi connectivity index (χ0n) is 12.5. The molecule has 0 bridgehead atoms. The van der Waals surface area contributed by atoms with E-state index in [1.165, 1.54) is 0 Å². The molecule has 0 aliphatic heterocycles. The molecule has 0 amide bonds. The first-order chi connectivity index (χ1) is 9.43. The third kappa shape index (κ3) is 3.24. The van der Waals surface area contributed by atoms with Crippen LogP contribution in [0.5, 0.6) is 5.75 Å². The fraction of sp³-hybridized carbons (Fsp3) is 0.625. The summed E-state index contributed by atoms with van der Waals surface area (Å²) in [5.74, 6) is 1.26. The van der Waals surface area contributed by atoms with E-state index in [-0.39, 0.29) is 17.6 Å². The van der Waals surface area contributed by atoms with Crippen LogP contribution in [0.2, 0.25) is 5.02 Å². The standard InChI is InChI=1S/C16H22Cl2O2/c1-5-19-16-13(18)8-15(16)20-14-7-11(9(2)3)12(17)6-10(14)4/h6-7,9,13,15-16H,5,8H2,1-4H3. The van der Waals surface area contributed by atoms with Gasteiger partial charge >= 0.3 is 0 Å². The van der Waals surface area contributed by atoms with E-state index in [4.69, 9.17) is 32.7 Å². The highest BCUT2D eigenvalue weighted by atomic mass is 35.5. The number of hydrogen-bond acceptors (Lipinski definition) is 2. The van der Waals surface area contributed by atoms with Gasteiger partial charge in [0.05, 0.1) is 5.38 Å². The Hall–Kier alpha value is -0.440. The Bertz CT molecular complexity index is 474. The van der Waals surface area contributed by atoms with Crippen LogP contribution in [-0.2, 0) is 4.74 Å². The smallest absolute Gasteiger partial charge is 0.128 e. The normalized spacial score (nSPS) is 25.6. The highest BCUT2D eigenvalue weighted by molar-refractivity contribution is 6.31. The summed E-state index contributed by atoms with van der Waals surface area (Å²) >= 11 is 12.5. The fourth-order valence-electron chi connectivity index (χ4n) is 2.45. The van der Waals surface area contributed by atoms with Crippen molar-refractivity contribution in [3.05, 3.63) is 28.3 Å². The second kappa shape index (κ2) is 6.55. The quantitative estimate of drug-likeness (QED) is 0.717. The van der Waals surface area contributed by atoms with Crippen molar-refractivity contribution in [3.8, 4) is 5.75 Å². The van der Waals surface area contributed by atoms with E-state index in [9.17, 15) is 0 Å². The molecule has 4 heteroatoms. The van der Waals surface area contributed by atoms with Gasteiger partial charge in [0.25, 0.3) is 0 Å². The van der Waals surface area contributed by atoms with Crippen molar-refractivity contribution in [3.63, 3.8) is 0 Å². The number of rotatable bonds is 5. The van der Waals surface area contributed by atoms with Gasteiger partial charge in [0.15, 0.2) is 0 Å². The molecule has 1 aliphatic carbocycles. The minimum absolute atomic E-state index is 0.0146. The van der Waals surface area contributed by atoms with Crippen molar-refractivity contribution in [2.75, 3.05) is 6.61 Å². The molecule has 1 aromatic carbocycles. The lowest BCUT2D eigenvalue weighted by Gasteiger charge is -2.40. The monoisotopic (exact) mass is 316 g/mol. The maximum absolute atomic E-state index is 6.28. The van der Waals surface area contributed by atoms with Crippen LogP contribution in [0.1, 0.15) is 44.2 Å². The molecule has 0 radical (unpaired) electrons. The van der Waals surface area contributed by atoms with E-state index < -0.39 is 0 Å². The van der Waals surface area contributed by atoms with Crippen LogP contribution < -0.4 is 4.74 Å². The third-order valence-electron chi connectivity index (χ3n) is 3.73. The molecule has 1 fully saturated rings. The van der Waals surface area contributed by atoms with Crippen molar-refractivity contribution >= 4 is 23.2 Å². The Kier molecular flexibility index (Phi) is 5.22. The minimum atomic E-state index is -0.0146. The number of hydrogen-bond donors (Lipinski definition) is 0. The predicted octanol–water partition coefficient (Wildman–Crippen LogP) is 4.94. The molecule has 3 unspecified atom stereocenters. The van der Waals surface area contributed by atoms with E-state index in [1.807, 2.05) is 26.0 Å². The van der Waals surface area contributed by atoms with Crippen LogP contribution in [0.15, 0.2) is 12.1 Å². The average Bonchev–Trinajstić information content (AvgIpc) is 2.37. The SMILES string of the molecule is CCOC1C(Cl)CC1Oc1cc(C(C)C)c(Cl)cc1C. The predicted molar refractivity (Wildman–Crippen MR) is 84.4 cm³/mol. The topological polar surface area (TPSA) is 18.5 Å². The zero-order valence-corrected chi connectivity index (χ0v) is 14.0. The van der Waals surface area contributed by atoms with Gasteiger partial charge in [-0.1, -0.05) is 25.4 Å². The van der Waals surface area contributed by atoms with Gasteiger partial charge in [-0.15, -0.1) is 11.6 Å². The second-order valence-electron chi connectivity index (χ2n) is 5.62. The number of alkyl halides is 1. The van der Waals surface area contributed by atoms with Gasteiger partial charge in [0.1, 0.15) is 18.0 Å². The molecule has 0 aromatic heterocycles. The van der Waals surface area contributed by atoms with E-state index in [0.717, 1.165) is 28.3 Å². The molecule has 1 saturated carbocycles. The first kappa shape index (κ1) is 15.9. The first-order valence-electron chi connectivity index (χ1n) is 7.16. The summed E-state index contributed by atoms with van der Waals surface area (Å²) in [6.45, 7) is 8.90. The number of halogens is 2. The van der Waals surface area contributed by atoms with E-state index in [0.29, 0.717) is 12.5 Å². The minimum Gasteiger partial charge on any atom is -0.487 e. The molecule has 1 aromatic rings. The molecule has 20 heavy (non-hydrogen) atoms. The molecule has 3 atom stereocenters. The molecular formula is C16H22Cl2O2. The van der Waals surface area contributed by atoms with Gasteiger partial charge in [0.2, 0.25) is 0 Å². The highest BCUT2D eigenvalue weighted by Crippen LogP contribution is 2.36. The Morgan fingerprint density at radius 2 is 2.05 bits per heavy atom. The summed E-state index contributed by atoms with van der Waals surface area (Å²) in [5, 5.41) is 0.854. The summed E-state index contributed by atoms with van der Waals surface area (Å²) in [7, 11) is 0. The molecular weight excluding hydrogens is 295 g/mol. The maximum atomic E-state index is 6.28. The number of ether oxygens (including phenoxy) is 2. The summed E-state index contributed by atoms with van der Waals surface area (Å²) in [6, 6.07) is 4.02. The Morgan fingerprint density at radius 3 is 2.60 bits per heavy atom. The molecule has 0 N–H and O–H groups in total. The van der Waals surface area contributed by atoms with Gasteiger partial charge in [0, 0.05) is 18.1 Å². The van der Waals surface area contributed by atoms with Gasteiger partial charge in [-0.05, 0) is 43.0 Å². The largest absolute Gasteiger partial charge is 0.487 e. The van der Waals surface area contributed by atoms with Crippen molar-refractivity contribution in [2.45, 2.75) is 57.6 Å². The van der Waals surface area contributed by atoms with Gasteiger partial charge in [-0.2, -0.15) is 0 Å². The van der Waals surface area contributed by atoms with E-state index in [1.54, 1.807) is 0 Å². The second-order valence-corrected chi connectivity index (χ2v) is 6.59. The summed E-state index contributed by atoms with van der Waals surface area (Å²) in [6.07, 6.45) is 0.849. The van der Waals surface area contributed by atoms with Gasteiger partial charge in [-0.25, -0.2) is 0 Å². The summed E-state index contributed by atoms with van der Waals surface area (Å²) in [4.78, 5) is 0. The average molecular weight is 317 g/mol. The van der Waals surface area contributed by atoms with Crippen LogP contribution in [0.3, 0.4) is 0 Å². The Labute approximate surface area is 131 Å². The van der Waals surface area contributed by atoms with Crippen molar-refractivity contribution < 1.29 is 9.47 Å². The van der Waals surface area contributed by atoms with Crippen LogP contribution in [0.25, 0.3) is 0 Å². The molecule has 0 heterocycles. The molecule has 2 nitrogen and oxygen atoms in total. The zero-order chi connectivity index (χ0) is 14.9. The Morgan fingerprint density at radius 1 is 1.35 bits per heavy atom. The molecule has 1 aliphatic rings. The van der Waals surface area contributed by atoms with Gasteiger partial charge < -0.3 is 9.47 Å². The van der Waals surface area contributed by atoms with E-state index in [2.05, 4.69) is 13.8 Å². The number of benzene rings is 1. The van der Waals surface area contributed by atoms with E-state index >= 15 is 0 Å². The van der Waals surface area contributed by atoms with Crippen molar-refractivity contribution in [1.29, 1.82) is 0 Å². The Balaban J connectivity index is 2.15. The lowest BCUT2D eigenvalue weighted by atomic mass is 9.90. The first-order valence-corrected chi connectivity index (χ1v) is 7.97. The van der Waals surface area contributed by atoms with Crippen molar-refractivity contribution in [1.82, 2.24) is 0 Å². The lowest BCUT2D eigenvalue weighted by Crippen LogP contribution is -2.52. The molecule has 0 spiro atoms. The van der Waals surface area contributed by atoms with Crippen LogP contribution in [-0.4, -0.2) is 24.2 Å². The van der Waals surface area contributed by atoms with Crippen LogP contribution in [0.4, 0.5) is 0 Å². The fourth-order valence-corrected chi connectivity index (χ4v) is 3.29. The highest BCUT2D eigenvalue weighted by Gasteiger charge is 2.42. The maximum Gasteiger partial charge on any atom is 0.128 e. The third-order valence-corrected chi connectivity index (χ3v) is 4.49. The molecule has 2 rings (SSSR count). The summed E-state index contributed by atoms with van der Waals surface area (Å²) in [5.41, 5.74) is 2.16.